The van der Waals surface area contributed by atoms with Gasteiger partial charge in [-0.15, -0.1) is 0 Å². The number of benzene rings is 5. The van der Waals surface area contributed by atoms with E-state index >= 15 is 0 Å². The summed E-state index contributed by atoms with van der Waals surface area (Å²) in [5, 5.41) is 15.9. The summed E-state index contributed by atoms with van der Waals surface area (Å²) in [6, 6.07) is 33.4. The maximum atomic E-state index is 13.0. The molecule has 5 aromatic rings. The summed E-state index contributed by atoms with van der Waals surface area (Å²) in [7, 11) is 1.57. The standard InChI is InChI=1S/C35H26Cl2N2O4/c1-41-31-14-10-24(34(19-31)43-21-25-7-4-6-23-5-2-3-8-32(23)25)17-27(20-38)35(40)39-29-12-15-30(16-13-29)42-22-26-9-11-28(36)18-33(26)37/h2-19H,21-22H2,1H3,(H,39,40)/b27-17+. The number of fused-ring (bicyclic) bond motifs is 1. The Labute approximate surface area is 259 Å². The second-order valence-corrected chi connectivity index (χ2v) is 10.3. The van der Waals surface area contributed by atoms with Crippen molar-refractivity contribution in [3.63, 3.8) is 0 Å². The van der Waals surface area contributed by atoms with Crippen LogP contribution in [0.15, 0.2) is 109 Å². The zero-order valence-electron chi connectivity index (χ0n) is 23.1. The number of carbonyl (C=O) groups excluding carboxylic acids is 1. The number of rotatable bonds is 10. The van der Waals surface area contributed by atoms with Crippen LogP contribution in [0.4, 0.5) is 5.69 Å². The van der Waals surface area contributed by atoms with Gasteiger partial charge < -0.3 is 19.5 Å². The van der Waals surface area contributed by atoms with Gasteiger partial charge in [-0.25, -0.2) is 0 Å². The molecule has 8 heteroatoms. The average molecular weight is 610 g/mol. The van der Waals surface area contributed by atoms with Crippen LogP contribution >= 0.6 is 23.2 Å². The van der Waals surface area contributed by atoms with Gasteiger partial charge in [0.15, 0.2) is 0 Å². The predicted octanol–water partition coefficient (Wildman–Crippen LogP) is 8.86. The topological polar surface area (TPSA) is 80.6 Å². The van der Waals surface area contributed by atoms with E-state index in [0.29, 0.717) is 45.2 Å². The number of anilines is 1. The number of methoxy groups -OCH3 is 1. The predicted molar refractivity (Wildman–Crippen MR) is 171 cm³/mol. The van der Waals surface area contributed by atoms with Crippen LogP contribution in [0.1, 0.15) is 16.7 Å². The molecule has 0 fully saturated rings. The van der Waals surface area contributed by atoms with Gasteiger partial charge in [-0.2, -0.15) is 5.26 Å². The molecule has 0 aliphatic heterocycles. The van der Waals surface area contributed by atoms with Crippen LogP contribution in [0.3, 0.4) is 0 Å². The molecule has 0 radical (unpaired) electrons. The molecule has 43 heavy (non-hydrogen) atoms. The van der Waals surface area contributed by atoms with Crippen LogP contribution < -0.4 is 19.5 Å². The highest BCUT2D eigenvalue weighted by atomic mass is 35.5. The zero-order valence-corrected chi connectivity index (χ0v) is 24.7. The third-order valence-corrected chi connectivity index (χ3v) is 7.26. The van der Waals surface area contributed by atoms with Gasteiger partial charge in [0, 0.05) is 32.9 Å². The third kappa shape index (κ3) is 7.47. The number of carbonyl (C=O) groups is 1. The summed E-state index contributed by atoms with van der Waals surface area (Å²) in [5.41, 5.74) is 2.80. The van der Waals surface area contributed by atoms with Gasteiger partial charge in [0.2, 0.25) is 0 Å². The van der Waals surface area contributed by atoms with E-state index in [0.717, 1.165) is 21.9 Å². The smallest absolute Gasteiger partial charge is 0.266 e. The van der Waals surface area contributed by atoms with Crippen molar-refractivity contribution in [2.45, 2.75) is 13.2 Å². The molecule has 0 saturated carbocycles. The van der Waals surface area contributed by atoms with Gasteiger partial charge in [-0.3, -0.25) is 4.79 Å². The molecule has 0 aliphatic carbocycles. The molecule has 1 amide bonds. The first kappa shape index (κ1) is 29.5. The molecule has 0 heterocycles. The van der Waals surface area contributed by atoms with Crippen molar-refractivity contribution >= 4 is 51.6 Å². The van der Waals surface area contributed by atoms with Crippen LogP contribution in [0.25, 0.3) is 16.8 Å². The largest absolute Gasteiger partial charge is 0.497 e. The summed E-state index contributed by atoms with van der Waals surface area (Å²) >= 11 is 12.2. The van der Waals surface area contributed by atoms with Crippen LogP contribution in [-0.4, -0.2) is 13.0 Å². The molecule has 5 rings (SSSR count). The van der Waals surface area contributed by atoms with E-state index in [4.69, 9.17) is 37.4 Å². The Morgan fingerprint density at radius 1 is 0.837 bits per heavy atom. The molecule has 1 N–H and O–H groups in total. The molecular formula is C35H26Cl2N2O4. The normalized spacial score (nSPS) is 11.1. The van der Waals surface area contributed by atoms with E-state index in [9.17, 15) is 10.1 Å². The molecule has 0 spiro atoms. The fourth-order valence-corrected chi connectivity index (χ4v) is 4.86. The number of amides is 1. The maximum Gasteiger partial charge on any atom is 0.266 e. The van der Waals surface area contributed by atoms with Crippen molar-refractivity contribution in [1.29, 1.82) is 5.26 Å². The second kappa shape index (κ2) is 13.8. The lowest BCUT2D eigenvalue weighted by atomic mass is 10.1. The molecule has 0 aliphatic rings. The Bertz CT molecular complexity index is 1840. The van der Waals surface area contributed by atoms with Crippen LogP contribution in [0.2, 0.25) is 10.0 Å². The van der Waals surface area contributed by atoms with Crippen molar-refractivity contribution in [3.05, 3.63) is 135 Å². The van der Waals surface area contributed by atoms with E-state index in [1.807, 2.05) is 48.5 Å². The van der Waals surface area contributed by atoms with Gasteiger partial charge >= 0.3 is 0 Å². The van der Waals surface area contributed by atoms with Gasteiger partial charge in [-0.05, 0) is 70.9 Å². The lowest BCUT2D eigenvalue weighted by Gasteiger charge is -2.13. The lowest BCUT2D eigenvalue weighted by molar-refractivity contribution is -0.112. The number of ether oxygens (including phenoxy) is 3. The number of hydrogen-bond acceptors (Lipinski definition) is 5. The lowest BCUT2D eigenvalue weighted by Crippen LogP contribution is -2.13. The number of nitrogens with one attached hydrogen (secondary N) is 1. The fraction of sp³-hybridized carbons (Fsp3) is 0.0857. The van der Waals surface area contributed by atoms with Crippen molar-refractivity contribution in [2.24, 2.45) is 0 Å². The SMILES string of the molecule is COc1ccc(/C=C(\C#N)C(=O)Nc2ccc(OCc3ccc(Cl)cc3Cl)cc2)c(OCc2cccc3ccccc23)c1. The van der Waals surface area contributed by atoms with Gasteiger partial charge in [-0.1, -0.05) is 71.7 Å². The molecule has 214 valence electrons. The Balaban J connectivity index is 1.28. The van der Waals surface area contributed by atoms with Crippen molar-refractivity contribution in [1.82, 2.24) is 0 Å². The average Bonchev–Trinajstić information content (AvgIpc) is 3.03. The van der Waals surface area contributed by atoms with E-state index in [1.165, 1.54) is 6.08 Å². The molecule has 0 aromatic heterocycles. The van der Waals surface area contributed by atoms with E-state index in [2.05, 4.69) is 5.32 Å². The minimum Gasteiger partial charge on any atom is -0.497 e. The van der Waals surface area contributed by atoms with Crippen molar-refractivity contribution in [2.75, 3.05) is 12.4 Å². The van der Waals surface area contributed by atoms with Crippen molar-refractivity contribution < 1.29 is 19.0 Å². The highest BCUT2D eigenvalue weighted by Crippen LogP contribution is 2.29. The van der Waals surface area contributed by atoms with E-state index in [-0.39, 0.29) is 12.2 Å². The number of hydrogen-bond donors (Lipinski definition) is 1. The Hall–Kier alpha value is -4.96. The monoisotopic (exact) mass is 608 g/mol. The van der Waals surface area contributed by atoms with Crippen LogP contribution in [0, 0.1) is 11.3 Å². The second-order valence-electron chi connectivity index (χ2n) is 9.50. The van der Waals surface area contributed by atoms with E-state index in [1.54, 1.807) is 67.8 Å². The van der Waals surface area contributed by atoms with Gasteiger partial charge in [0.05, 0.1) is 7.11 Å². The highest BCUT2D eigenvalue weighted by molar-refractivity contribution is 6.35. The van der Waals surface area contributed by atoms with E-state index < -0.39 is 5.91 Å². The van der Waals surface area contributed by atoms with Crippen LogP contribution in [0.5, 0.6) is 17.2 Å². The van der Waals surface area contributed by atoms with Crippen molar-refractivity contribution in [3.8, 4) is 23.3 Å². The Kier molecular flexibility index (Phi) is 9.48. The molecule has 0 saturated heterocycles. The van der Waals surface area contributed by atoms with Crippen LogP contribution in [-0.2, 0) is 18.0 Å². The molecule has 0 atom stereocenters. The fourth-order valence-electron chi connectivity index (χ4n) is 4.40. The van der Waals surface area contributed by atoms with Gasteiger partial charge in [0.25, 0.3) is 5.91 Å². The molecular weight excluding hydrogens is 583 g/mol. The first-order valence-corrected chi connectivity index (χ1v) is 14.1. The summed E-state index contributed by atoms with van der Waals surface area (Å²) in [5.74, 6) is 1.11. The summed E-state index contributed by atoms with van der Waals surface area (Å²) in [4.78, 5) is 13.0. The minimum atomic E-state index is -0.556. The first-order chi connectivity index (χ1) is 20.9. The molecule has 5 aromatic carbocycles. The first-order valence-electron chi connectivity index (χ1n) is 13.3. The minimum absolute atomic E-state index is 0.0853. The molecule has 6 nitrogen and oxygen atoms in total. The molecule has 0 unspecified atom stereocenters. The maximum absolute atomic E-state index is 13.0. The zero-order chi connectivity index (χ0) is 30.2. The van der Waals surface area contributed by atoms with Gasteiger partial charge in [0.1, 0.15) is 42.1 Å². The summed E-state index contributed by atoms with van der Waals surface area (Å²) < 4.78 is 17.4. The number of nitriles is 1. The third-order valence-electron chi connectivity index (χ3n) is 6.67. The Morgan fingerprint density at radius 3 is 2.35 bits per heavy atom. The molecule has 0 bridgehead atoms. The number of nitrogens with zero attached hydrogens (tertiary/aromatic N) is 1. The summed E-state index contributed by atoms with van der Waals surface area (Å²) in [6.07, 6.45) is 1.50. The highest BCUT2D eigenvalue weighted by Gasteiger charge is 2.13. The Morgan fingerprint density at radius 2 is 1.58 bits per heavy atom. The number of halogens is 2. The summed E-state index contributed by atoms with van der Waals surface area (Å²) in [6.45, 7) is 0.553. The quantitative estimate of drug-likeness (QED) is 0.126.